The summed E-state index contributed by atoms with van der Waals surface area (Å²) in [5, 5.41) is 4.71. The molecule has 0 radical (unpaired) electrons. The molecule has 1 aromatic carbocycles. The molecule has 0 spiro atoms. The predicted molar refractivity (Wildman–Crippen MR) is 130 cm³/mol. The first-order valence-electron chi connectivity index (χ1n) is 11.4. The molecular formula is C24H29N5O3S. The second-order valence-electron chi connectivity index (χ2n) is 9.19. The average molecular weight is 468 g/mol. The summed E-state index contributed by atoms with van der Waals surface area (Å²) >= 11 is 1.76. The zero-order valence-corrected chi connectivity index (χ0v) is 20.1. The number of amidine groups is 1. The maximum atomic E-state index is 12.3. The maximum Gasteiger partial charge on any atom is 0.417 e. The molecule has 1 aromatic heterocycles. The standard InChI is InChI=1S/C24H29N5O3S/c1-16-15-17-20(25-18-7-4-5-8-19(18)26-21(17)33-16)28-13-11-27(12-14-28)9-6-10-29-22(30)24(2,3)32-23(29)31/h4-5,7-8,15,26H,6,9-14H2,1-3H3. The molecule has 174 valence electrons. The number of hydrogen-bond acceptors (Lipinski definition) is 8. The Morgan fingerprint density at radius 3 is 2.61 bits per heavy atom. The van der Waals surface area contributed by atoms with Gasteiger partial charge in [0.25, 0.3) is 5.91 Å². The Bertz CT molecular complexity index is 1120. The molecule has 0 saturated carbocycles. The van der Waals surface area contributed by atoms with Crippen molar-refractivity contribution in [1.29, 1.82) is 0 Å². The van der Waals surface area contributed by atoms with Crippen LogP contribution in [0.3, 0.4) is 0 Å². The lowest BCUT2D eigenvalue weighted by molar-refractivity contribution is -0.134. The molecule has 2 amide bonds. The molecule has 3 aliphatic heterocycles. The van der Waals surface area contributed by atoms with E-state index in [4.69, 9.17) is 9.73 Å². The van der Waals surface area contributed by atoms with Gasteiger partial charge in [-0.1, -0.05) is 12.1 Å². The minimum atomic E-state index is -1.05. The number of hydrogen-bond donors (Lipinski definition) is 1. The molecule has 9 heteroatoms. The molecule has 2 aromatic rings. The SMILES string of the molecule is Cc1cc2c(s1)Nc1ccccc1N=C2N1CCN(CCCN2C(=O)OC(C)(C)C2=O)CC1. The maximum absolute atomic E-state index is 12.3. The van der Waals surface area contributed by atoms with E-state index in [1.807, 2.05) is 18.2 Å². The van der Waals surface area contributed by atoms with Gasteiger partial charge in [0.15, 0.2) is 5.60 Å². The number of ether oxygens (including phenoxy) is 1. The fourth-order valence-corrected chi connectivity index (χ4v) is 5.46. The highest BCUT2D eigenvalue weighted by molar-refractivity contribution is 7.16. The summed E-state index contributed by atoms with van der Waals surface area (Å²) in [6, 6.07) is 10.4. The van der Waals surface area contributed by atoms with Gasteiger partial charge in [-0.15, -0.1) is 11.3 Å². The van der Waals surface area contributed by atoms with Crippen molar-refractivity contribution >= 4 is 45.5 Å². The number of aliphatic imine (C=N–C) groups is 1. The van der Waals surface area contributed by atoms with Crippen molar-refractivity contribution in [3.8, 4) is 0 Å². The van der Waals surface area contributed by atoms with E-state index < -0.39 is 11.7 Å². The highest BCUT2D eigenvalue weighted by Crippen LogP contribution is 2.39. The lowest BCUT2D eigenvalue weighted by Gasteiger charge is -2.36. The van der Waals surface area contributed by atoms with Gasteiger partial charge in [0, 0.05) is 37.6 Å². The minimum Gasteiger partial charge on any atom is -0.433 e. The number of fused-ring (bicyclic) bond motifs is 2. The van der Waals surface area contributed by atoms with Gasteiger partial charge in [-0.3, -0.25) is 9.69 Å². The summed E-state index contributed by atoms with van der Waals surface area (Å²) in [7, 11) is 0. The molecule has 33 heavy (non-hydrogen) atoms. The van der Waals surface area contributed by atoms with Crippen molar-refractivity contribution in [1.82, 2.24) is 14.7 Å². The van der Waals surface area contributed by atoms with Crippen LogP contribution in [0.1, 0.15) is 30.7 Å². The van der Waals surface area contributed by atoms with E-state index in [0.717, 1.165) is 66.9 Å². The molecular weight excluding hydrogens is 438 g/mol. The van der Waals surface area contributed by atoms with Crippen LogP contribution in [0, 0.1) is 6.92 Å². The molecule has 3 aliphatic rings. The lowest BCUT2D eigenvalue weighted by Crippen LogP contribution is -2.49. The lowest BCUT2D eigenvalue weighted by atomic mass is 10.1. The van der Waals surface area contributed by atoms with E-state index in [0.29, 0.717) is 6.54 Å². The zero-order chi connectivity index (χ0) is 23.2. The topological polar surface area (TPSA) is 77.5 Å². The quantitative estimate of drug-likeness (QED) is 0.734. The number of imide groups is 1. The molecule has 5 rings (SSSR count). The summed E-state index contributed by atoms with van der Waals surface area (Å²) in [5.74, 6) is 0.776. The number of anilines is 2. The number of nitrogens with one attached hydrogen (secondary N) is 1. The number of benzene rings is 1. The van der Waals surface area contributed by atoms with Crippen LogP contribution in [0.4, 0.5) is 21.2 Å². The molecule has 4 heterocycles. The van der Waals surface area contributed by atoms with Crippen LogP contribution in [-0.2, 0) is 9.53 Å². The van der Waals surface area contributed by atoms with E-state index in [-0.39, 0.29) is 5.91 Å². The fraction of sp³-hybridized carbons (Fsp3) is 0.458. The Hall–Kier alpha value is -2.91. The molecule has 2 saturated heterocycles. The number of thiophene rings is 1. The van der Waals surface area contributed by atoms with Crippen LogP contribution >= 0.6 is 11.3 Å². The number of para-hydroxylation sites is 2. The normalized spacial score (nSPS) is 20.0. The van der Waals surface area contributed by atoms with Gasteiger partial charge in [-0.25, -0.2) is 14.7 Å². The summed E-state index contributed by atoms with van der Waals surface area (Å²) in [6.45, 7) is 10.2. The van der Waals surface area contributed by atoms with Crippen LogP contribution in [0.15, 0.2) is 35.3 Å². The second kappa shape index (κ2) is 8.46. The summed E-state index contributed by atoms with van der Waals surface area (Å²) in [6.07, 6.45) is 0.209. The van der Waals surface area contributed by atoms with Crippen molar-refractivity contribution in [2.75, 3.05) is 44.6 Å². The highest BCUT2D eigenvalue weighted by Gasteiger charge is 2.46. The van der Waals surface area contributed by atoms with Crippen molar-refractivity contribution < 1.29 is 14.3 Å². The fourth-order valence-electron chi connectivity index (χ4n) is 4.54. The van der Waals surface area contributed by atoms with E-state index in [2.05, 4.69) is 34.2 Å². The Balaban J connectivity index is 1.22. The van der Waals surface area contributed by atoms with Crippen LogP contribution in [0.5, 0.6) is 0 Å². The smallest absolute Gasteiger partial charge is 0.417 e. The molecule has 2 fully saturated rings. The third-order valence-electron chi connectivity index (χ3n) is 6.33. The Kier molecular flexibility index (Phi) is 5.62. The number of aryl methyl sites for hydroxylation is 1. The number of rotatable bonds is 4. The Labute approximate surface area is 197 Å². The predicted octanol–water partition coefficient (Wildman–Crippen LogP) is 3.96. The van der Waals surface area contributed by atoms with Crippen molar-refractivity contribution in [2.45, 2.75) is 32.8 Å². The number of nitrogens with zero attached hydrogens (tertiary/aromatic N) is 4. The van der Waals surface area contributed by atoms with Gasteiger partial charge >= 0.3 is 6.09 Å². The van der Waals surface area contributed by atoms with E-state index in [1.54, 1.807) is 25.2 Å². The molecule has 0 aliphatic carbocycles. The van der Waals surface area contributed by atoms with Gasteiger partial charge in [-0.2, -0.15) is 0 Å². The Morgan fingerprint density at radius 2 is 1.88 bits per heavy atom. The summed E-state index contributed by atoms with van der Waals surface area (Å²) < 4.78 is 5.16. The number of carbonyl (C=O) groups excluding carboxylic acids is 2. The van der Waals surface area contributed by atoms with Gasteiger partial charge in [0.2, 0.25) is 0 Å². The van der Waals surface area contributed by atoms with E-state index in [9.17, 15) is 9.59 Å². The first-order chi connectivity index (χ1) is 15.8. The van der Waals surface area contributed by atoms with Crippen LogP contribution in [0.2, 0.25) is 0 Å². The first kappa shape index (κ1) is 21.9. The molecule has 0 atom stereocenters. The van der Waals surface area contributed by atoms with Gasteiger partial charge in [-0.05, 0) is 51.9 Å². The molecule has 0 bridgehead atoms. The van der Waals surface area contributed by atoms with E-state index in [1.165, 1.54) is 9.78 Å². The van der Waals surface area contributed by atoms with Gasteiger partial charge in [0.1, 0.15) is 10.8 Å². The minimum absolute atomic E-state index is 0.251. The first-order valence-corrected chi connectivity index (χ1v) is 12.2. The highest BCUT2D eigenvalue weighted by atomic mass is 32.1. The largest absolute Gasteiger partial charge is 0.433 e. The summed E-state index contributed by atoms with van der Waals surface area (Å²) in [4.78, 5) is 36.6. The Morgan fingerprint density at radius 1 is 1.12 bits per heavy atom. The van der Waals surface area contributed by atoms with Crippen LogP contribution in [-0.4, -0.2) is 77.4 Å². The van der Waals surface area contributed by atoms with Crippen molar-refractivity contribution in [3.63, 3.8) is 0 Å². The number of amides is 2. The van der Waals surface area contributed by atoms with Crippen LogP contribution in [0.25, 0.3) is 0 Å². The van der Waals surface area contributed by atoms with E-state index >= 15 is 0 Å². The second-order valence-corrected chi connectivity index (χ2v) is 10.5. The van der Waals surface area contributed by atoms with Crippen LogP contribution < -0.4 is 5.32 Å². The molecule has 8 nitrogen and oxygen atoms in total. The van der Waals surface area contributed by atoms with Gasteiger partial charge in [0.05, 0.1) is 16.9 Å². The third-order valence-corrected chi connectivity index (χ3v) is 7.29. The van der Waals surface area contributed by atoms with Crippen molar-refractivity contribution in [3.05, 3.63) is 40.8 Å². The molecule has 0 unspecified atom stereocenters. The number of cyclic esters (lactones) is 1. The number of piperazine rings is 1. The average Bonchev–Trinajstić information content (AvgIpc) is 3.17. The van der Waals surface area contributed by atoms with Crippen molar-refractivity contribution in [2.24, 2.45) is 4.99 Å². The zero-order valence-electron chi connectivity index (χ0n) is 19.3. The summed E-state index contributed by atoms with van der Waals surface area (Å²) in [5.41, 5.74) is 2.11. The number of carbonyl (C=O) groups is 2. The monoisotopic (exact) mass is 467 g/mol. The van der Waals surface area contributed by atoms with Gasteiger partial charge < -0.3 is 15.0 Å². The third kappa shape index (κ3) is 4.22. The molecule has 1 N–H and O–H groups in total.